The van der Waals surface area contributed by atoms with Crippen LogP contribution in [-0.4, -0.2) is 25.9 Å². The van der Waals surface area contributed by atoms with E-state index in [0.29, 0.717) is 6.61 Å². The van der Waals surface area contributed by atoms with E-state index in [4.69, 9.17) is 0 Å². The molecule has 0 spiro atoms. The second-order valence-electron chi connectivity index (χ2n) is 9.56. The Hall–Kier alpha value is -1.88. The summed E-state index contributed by atoms with van der Waals surface area (Å²) in [5, 5.41) is 5.75. The summed E-state index contributed by atoms with van der Waals surface area (Å²) in [5.41, 5.74) is 0.815. The Morgan fingerprint density at radius 2 is 0.644 bits per heavy atom. The van der Waals surface area contributed by atoms with Gasteiger partial charge in [-0.2, -0.15) is 50.4 Å². The Morgan fingerprint density at radius 3 is 0.847 bits per heavy atom. The van der Waals surface area contributed by atoms with Gasteiger partial charge >= 0.3 is 41.4 Å². The van der Waals surface area contributed by atoms with E-state index in [-0.39, 0.29) is 54.8 Å². The predicted octanol–water partition coefficient (Wildman–Crippen LogP) is 15.6. The first kappa shape index (κ1) is 63.8. The molecule has 0 bridgehead atoms. The summed E-state index contributed by atoms with van der Waals surface area (Å²) in [5.74, 6) is 4.61. The average Bonchev–Trinajstić information content (AvgIpc) is 3.18. The van der Waals surface area contributed by atoms with Gasteiger partial charge in [0, 0.05) is 50.4 Å². The van der Waals surface area contributed by atoms with E-state index < -0.39 is 41.4 Å². The second-order valence-corrected chi connectivity index (χ2v) is 15.4. The van der Waals surface area contributed by atoms with Crippen molar-refractivity contribution in [3.05, 3.63) is 157 Å². The fourth-order valence-corrected chi connectivity index (χ4v) is 6.79. The number of benzene rings is 5. The minimum absolute atomic E-state index is 0. The van der Waals surface area contributed by atoms with Crippen LogP contribution in [0.25, 0.3) is 0 Å². The maximum absolute atomic E-state index is 10.8. The summed E-state index contributed by atoms with van der Waals surface area (Å²) < 4.78 is 121. The molecule has 0 atom stereocenters. The van der Waals surface area contributed by atoms with E-state index in [2.05, 4.69) is 151 Å². The Morgan fingerprint density at radius 1 is 0.441 bits per heavy atom. The van der Waals surface area contributed by atoms with Crippen molar-refractivity contribution in [3.63, 3.8) is 0 Å². The molecule has 2 radical (unpaired) electrons. The molecular formula is C37H36F12O2P6Rh2. The zero-order valence-corrected chi connectivity index (χ0v) is 39.5. The van der Waals surface area contributed by atoms with Crippen molar-refractivity contribution in [1.29, 1.82) is 0 Å². The van der Waals surface area contributed by atoms with E-state index in [1.54, 1.807) is 6.92 Å². The van der Waals surface area contributed by atoms with E-state index >= 15 is 0 Å². The summed E-state index contributed by atoms with van der Waals surface area (Å²) >= 11 is 0. The zero-order valence-electron chi connectivity index (χ0n) is 30.8. The Labute approximate surface area is 371 Å². The number of halogens is 12. The van der Waals surface area contributed by atoms with E-state index in [9.17, 15) is 55.2 Å². The number of ether oxygens (including phenoxy) is 1. The number of rotatable bonds is 5. The fourth-order valence-electron chi connectivity index (χ4n) is 3.72. The monoisotopic (exact) mass is 1130 g/mol. The van der Waals surface area contributed by atoms with Gasteiger partial charge in [0.15, 0.2) is 0 Å². The van der Waals surface area contributed by atoms with Crippen molar-refractivity contribution in [1.82, 2.24) is 0 Å². The Balaban J connectivity index is -0.000000321. The van der Waals surface area contributed by atoms with Crippen molar-refractivity contribution >= 4 is 78.4 Å². The van der Waals surface area contributed by atoms with Gasteiger partial charge in [-0.25, -0.2) is 4.79 Å². The Kier molecular flexibility index (Phi) is 46.2. The average molecular weight is 1130 g/mol. The van der Waals surface area contributed by atoms with Crippen molar-refractivity contribution in [3.8, 4) is 11.8 Å². The number of hydrogen-bond donors (Lipinski definition) is 0. The molecule has 0 aliphatic rings. The molecule has 0 saturated heterocycles. The standard InChI is InChI=1S/2C13H13P.C11H10O2.4F3P.2Rh/c2*1-14(12-8-4-2-5-9-12)13-10-6-3-7-11-13;1-2-13-11(12)9-8-10-6-4-3-5-7-10;4*1-4(2)3;;/h2*2-11H,1H3;3-7H,2H2,1H3;;;;;;. The van der Waals surface area contributed by atoms with Gasteiger partial charge < -0.3 is 4.74 Å². The van der Waals surface area contributed by atoms with Crippen LogP contribution in [0.2, 0.25) is 0 Å². The van der Waals surface area contributed by atoms with Crippen molar-refractivity contribution in [2.75, 3.05) is 19.9 Å². The van der Waals surface area contributed by atoms with Crippen LogP contribution < -0.4 is 21.2 Å². The van der Waals surface area contributed by atoms with Crippen LogP contribution in [0.4, 0.5) is 50.4 Å². The Bertz CT molecular complexity index is 1530. The second kappa shape index (κ2) is 42.8. The molecule has 5 aromatic carbocycles. The zero-order chi connectivity index (χ0) is 43.4. The van der Waals surface area contributed by atoms with Gasteiger partial charge in [0.05, 0.1) is 6.61 Å². The van der Waals surface area contributed by atoms with E-state index in [0.717, 1.165) is 5.56 Å². The summed E-state index contributed by atoms with van der Waals surface area (Å²) in [6, 6.07) is 52.1. The number of esters is 1. The van der Waals surface area contributed by atoms with Crippen molar-refractivity contribution < 1.29 is 98.9 Å². The maximum Gasteiger partial charge on any atom is 0.456 e. The summed E-state index contributed by atoms with van der Waals surface area (Å²) in [6.45, 7) is 6.73. The first-order valence-electron chi connectivity index (χ1n) is 15.5. The van der Waals surface area contributed by atoms with Gasteiger partial charge in [0.2, 0.25) is 0 Å². The molecule has 328 valence electrons. The summed E-state index contributed by atoms with van der Waals surface area (Å²) in [4.78, 5) is 10.8. The maximum atomic E-state index is 10.8. The van der Waals surface area contributed by atoms with Crippen LogP contribution in [0.5, 0.6) is 0 Å². The fraction of sp³-hybridized carbons (Fsp3) is 0.108. The van der Waals surface area contributed by atoms with Crippen LogP contribution in [0.3, 0.4) is 0 Å². The molecule has 59 heavy (non-hydrogen) atoms. The van der Waals surface area contributed by atoms with Crippen LogP contribution >= 0.6 is 51.3 Å². The SMILES string of the molecule is CCOC(=O)C#Cc1ccccc1.CP(c1ccccc1)c1ccccc1.CP(c1ccccc1)c1ccccc1.FP(F)F.FP(F)F.FP(F)F.FP(F)F.[Rh].[Rh]. The molecule has 0 saturated carbocycles. The molecule has 0 N–H and O–H groups in total. The molecule has 0 aliphatic carbocycles. The molecule has 0 aromatic heterocycles. The largest absolute Gasteiger partial charge is 0.456 e. The molecule has 22 heteroatoms. The molecule has 0 heterocycles. The third-order valence-electron chi connectivity index (χ3n) is 5.93. The third-order valence-corrected chi connectivity index (χ3v) is 10.2. The van der Waals surface area contributed by atoms with Crippen LogP contribution in [0.1, 0.15) is 12.5 Å². The van der Waals surface area contributed by atoms with Crippen LogP contribution in [0, 0.1) is 11.8 Å². The minimum atomic E-state index is -4.12. The molecule has 0 amide bonds. The number of carbonyl (C=O) groups is 1. The topological polar surface area (TPSA) is 26.3 Å². The molecule has 2 nitrogen and oxygen atoms in total. The van der Waals surface area contributed by atoms with Crippen LogP contribution in [0.15, 0.2) is 152 Å². The number of carbonyl (C=O) groups excluding carboxylic acids is 1. The molecule has 0 aliphatic heterocycles. The first-order valence-corrected chi connectivity index (χ1v) is 23.2. The molecule has 5 aromatic rings. The number of hydrogen-bond acceptors (Lipinski definition) is 2. The predicted molar refractivity (Wildman–Crippen MR) is 221 cm³/mol. The van der Waals surface area contributed by atoms with Gasteiger partial charge in [-0.05, 0) is 69.4 Å². The van der Waals surface area contributed by atoms with E-state index in [1.807, 2.05) is 30.3 Å². The molecule has 0 fully saturated rings. The van der Waals surface area contributed by atoms with Crippen molar-refractivity contribution in [2.45, 2.75) is 6.92 Å². The van der Waals surface area contributed by atoms with Gasteiger partial charge in [0.25, 0.3) is 0 Å². The first-order chi connectivity index (χ1) is 27.0. The van der Waals surface area contributed by atoms with Gasteiger partial charge in [-0.1, -0.05) is 145 Å². The summed E-state index contributed by atoms with van der Waals surface area (Å²) in [6.07, 6.45) is 0. The van der Waals surface area contributed by atoms with Gasteiger partial charge in [-0.15, -0.1) is 0 Å². The van der Waals surface area contributed by atoms with Crippen molar-refractivity contribution in [2.24, 2.45) is 0 Å². The minimum Gasteiger partial charge on any atom is -0.456 e. The van der Waals surface area contributed by atoms with E-state index in [1.165, 1.54) is 21.2 Å². The molecular weight excluding hydrogens is 1100 g/mol. The van der Waals surface area contributed by atoms with Crippen LogP contribution in [-0.2, 0) is 48.5 Å². The smallest absolute Gasteiger partial charge is 0.456 e. The molecule has 0 unspecified atom stereocenters. The van der Waals surface area contributed by atoms with Gasteiger partial charge in [0.1, 0.15) is 0 Å². The normalized spacial score (nSPS) is 9.24. The summed E-state index contributed by atoms with van der Waals surface area (Å²) in [7, 11) is -16.8. The van der Waals surface area contributed by atoms with Gasteiger partial charge in [-0.3, -0.25) is 0 Å². The quantitative estimate of drug-likeness (QED) is 0.0576. The molecule has 5 rings (SSSR count). The third kappa shape index (κ3) is 42.6.